The quantitative estimate of drug-likeness (QED) is 0.548. The van der Waals surface area contributed by atoms with E-state index in [0.29, 0.717) is 36.7 Å². The number of H-pyrrole nitrogens is 1. The number of benzene rings is 2. The predicted molar refractivity (Wildman–Crippen MR) is 115 cm³/mol. The van der Waals surface area contributed by atoms with Gasteiger partial charge in [0.05, 0.1) is 10.9 Å². The zero-order valence-corrected chi connectivity index (χ0v) is 16.7. The molecule has 1 heterocycles. The number of carbonyl (C=O) groups is 1. The van der Waals surface area contributed by atoms with Crippen LogP contribution in [0.2, 0.25) is 0 Å². The van der Waals surface area contributed by atoms with Gasteiger partial charge in [-0.25, -0.2) is 4.79 Å². The van der Waals surface area contributed by atoms with Crippen LogP contribution in [-0.4, -0.2) is 21.5 Å². The first-order valence-electron chi connectivity index (χ1n) is 10.1. The molecule has 0 saturated carbocycles. The lowest BCUT2D eigenvalue weighted by Crippen LogP contribution is -2.35. The molecule has 29 heavy (non-hydrogen) atoms. The molecule has 6 nitrogen and oxygen atoms in total. The van der Waals surface area contributed by atoms with Gasteiger partial charge in [0.2, 0.25) is 5.91 Å². The summed E-state index contributed by atoms with van der Waals surface area (Å²) >= 11 is 0. The van der Waals surface area contributed by atoms with Crippen molar-refractivity contribution in [3.63, 3.8) is 0 Å². The van der Waals surface area contributed by atoms with Crippen molar-refractivity contribution >= 4 is 16.8 Å². The second-order valence-corrected chi connectivity index (χ2v) is 7.38. The molecule has 0 fully saturated rings. The number of nitrogens with zero attached hydrogens (tertiary/aromatic N) is 1. The summed E-state index contributed by atoms with van der Waals surface area (Å²) in [6, 6.07) is 17.3. The number of hydrogen-bond acceptors (Lipinski definition) is 3. The van der Waals surface area contributed by atoms with Gasteiger partial charge in [-0.15, -0.1) is 0 Å². The average Bonchev–Trinajstić information content (AvgIpc) is 2.72. The van der Waals surface area contributed by atoms with Crippen LogP contribution in [0.4, 0.5) is 0 Å². The highest BCUT2D eigenvalue weighted by atomic mass is 16.2. The Hall–Kier alpha value is -3.15. The summed E-state index contributed by atoms with van der Waals surface area (Å²) in [5.41, 5.74) is 1.11. The minimum Gasteiger partial charge on any atom is -0.354 e. The van der Waals surface area contributed by atoms with Crippen molar-refractivity contribution in [2.45, 2.75) is 51.6 Å². The van der Waals surface area contributed by atoms with E-state index in [2.05, 4.69) is 22.4 Å². The van der Waals surface area contributed by atoms with Crippen molar-refractivity contribution in [1.82, 2.24) is 14.9 Å². The largest absolute Gasteiger partial charge is 0.354 e. The van der Waals surface area contributed by atoms with Crippen LogP contribution in [0.5, 0.6) is 0 Å². The van der Waals surface area contributed by atoms with Crippen LogP contribution >= 0.6 is 0 Å². The molecule has 0 bridgehead atoms. The molecular formula is C23H27N3O3. The van der Waals surface area contributed by atoms with Crippen LogP contribution in [0, 0.1) is 0 Å². The highest BCUT2D eigenvalue weighted by Gasteiger charge is 2.09. The van der Waals surface area contributed by atoms with E-state index in [4.69, 9.17) is 0 Å². The third-order valence-corrected chi connectivity index (χ3v) is 5.04. The van der Waals surface area contributed by atoms with Gasteiger partial charge in [0.1, 0.15) is 0 Å². The van der Waals surface area contributed by atoms with Crippen molar-refractivity contribution < 1.29 is 4.79 Å². The predicted octanol–water partition coefficient (Wildman–Crippen LogP) is 3.00. The van der Waals surface area contributed by atoms with Crippen molar-refractivity contribution in [2.75, 3.05) is 0 Å². The molecular weight excluding hydrogens is 366 g/mol. The van der Waals surface area contributed by atoms with E-state index in [1.54, 1.807) is 24.3 Å². The fraction of sp³-hybridized carbons (Fsp3) is 0.348. The molecule has 2 aromatic carbocycles. The van der Waals surface area contributed by atoms with Crippen molar-refractivity contribution in [3.05, 3.63) is 81.0 Å². The van der Waals surface area contributed by atoms with Gasteiger partial charge in [0.25, 0.3) is 5.56 Å². The Morgan fingerprint density at radius 2 is 1.76 bits per heavy atom. The van der Waals surface area contributed by atoms with Crippen LogP contribution < -0.4 is 16.6 Å². The van der Waals surface area contributed by atoms with Gasteiger partial charge in [0, 0.05) is 19.0 Å². The van der Waals surface area contributed by atoms with Gasteiger partial charge < -0.3 is 10.3 Å². The first-order chi connectivity index (χ1) is 14.0. The molecule has 0 spiro atoms. The molecule has 1 unspecified atom stereocenters. The lowest BCUT2D eigenvalue weighted by atomic mass is 10.1. The molecule has 1 aromatic heterocycles. The second-order valence-electron chi connectivity index (χ2n) is 7.38. The number of aryl methyl sites for hydroxylation is 1. The summed E-state index contributed by atoms with van der Waals surface area (Å²) < 4.78 is 1.21. The zero-order valence-electron chi connectivity index (χ0n) is 16.7. The van der Waals surface area contributed by atoms with E-state index in [-0.39, 0.29) is 17.5 Å². The number of rotatable bonds is 9. The monoisotopic (exact) mass is 393 g/mol. The lowest BCUT2D eigenvalue weighted by Gasteiger charge is -2.14. The molecule has 1 amide bonds. The summed E-state index contributed by atoms with van der Waals surface area (Å²) in [6.07, 6.45) is 3.41. The summed E-state index contributed by atoms with van der Waals surface area (Å²) in [5, 5.41) is 3.52. The molecule has 0 aliphatic rings. The number of unbranched alkanes of at least 4 members (excludes halogenated alkanes) is 1. The van der Waals surface area contributed by atoms with Crippen LogP contribution in [0.15, 0.2) is 64.2 Å². The standard InChI is InChI=1S/C23H27N3O3/c1-17(14-15-18-9-3-2-4-10-18)24-21(27)13-7-8-16-26-22(28)19-11-5-6-12-20(19)25-23(26)29/h2-6,9-12,17H,7-8,13-16H2,1H3,(H,24,27)(H,25,29). The van der Waals surface area contributed by atoms with Crippen LogP contribution in [-0.2, 0) is 17.8 Å². The zero-order chi connectivity index (χ0) is 20.6. The molecule has 2 N–H and O–H groups in total. The second kappa shape index (κ2) is 9.87. The minimum atomic E-state index is -0.410. The maximum atomic E-state index is 12.5. The SMILES string of the molecule is CC(CCc1ccccc1)NC(=O)CCCCn1c(=O)[nH]c2ccccc2c1=O. The molecule has 1 atom stereocenters. The van der Waals surface area contributed by atoms with Gasteiger partial charge in [-0.3, -0.25) is 14.2 Å². The highest BCUT2D eigenvalue weighted by Crippen LogP contribution is 2.06. The first-order valence-corrected chi connectivity index (χ1v) is 10.1. The smallest absolute Gasteiger partial charge is 0.328 e. The number of aromatic amines is 1. The fourth-order valence-corrected chi connectivity index (χ4v) is 3.40. The summed E-state index contributed by atoms with van der Waals surface area (Å²) in [5.74, 6) is 0.00493. The number of carbonyl (C=O) groups excluding carboxylic acids is 1. The lowest BCUT2D eigenvalue weighted by molar-refractivity contribution is -0.121. The number of aromatic nitrogens is 2. The number of fused-ring (bicyclic) bond motifs is 1. The molecule has 0 saturated heterocycles. The average molecular weight is 393 g/mol. The van der Waals surface area contributed by atoms with Gasteiger partial charge >= 0.3 is 5.69 Å². The number of nitrogens with one attached hydrogen (secondary N) is 2. The topological polar surface area (TPSA) is 84.0 Å². The van der Waals surface area contributed by atoms with Crippen LogP contribution in [0.3, 0.4) is 0 Å². The van der Waals surface area contributed by atoms with E-state index < -0.39 is 5.69 Å². The fourth-order valence-electron chi connectivity index (χ4n) is 3.40. The van der Waals surface area contributed by atoms with Crippen LogP contribution in [0.1, 0.15) is 38.2 Å². The summed E-state index contributed by atoms with van der Waals surface area (Å²) in [6.45, 7) is 2.31. The van der Waals surface area contributed by atoms with Gasteiger partial charge in [0.15, 0.2) is 0 Å². The maximum absolute atomic E-state index is 12.5. The van der Waals surface area contributed by atoms with Crippen molar-refractivity contribution in [3.8, 4) is 0 Å². The van der Waals surface area contributed by atoms with Crippen LogP contribution in [0.25, 0.3) is 10.9 Å². The van der Waals surface area contributed by atoms with Gasteiger partial charge in [-0.05, 0) is 50.3 Å². The molecule has 6 heteroatoms. The van der Waals surface area contributed by atoms with E-state index in [1.165, 1.54) is 10.1 Å². The Bertz CT molecular complexity index is 1070. The molecule has 3 rings (SSSR count). The minimum absolute atomic E-state index is 0.00493. The van der Waals surface area contributed by atoms with E-state index >= 15 is 0 Å². The molecule has 0 aliphatic carbocycles. The third-order valence-electron chi connectivity index (χ3n) is 5.04. The van der Waals surface area contributed by atoms with Gasteiger partial charge in [-0.2, -0.15) is 0 Å². The number of para-hydroxylation sites is 1. The maximum Gasteiger partial charge on any atom is 0.328 e. The normalized spacial score (nSPS) is 12.0. The Balaban J connectivity index is 1.43. The Morgan fingerprint density at radius 3 is 2.55 bits per heavy atom. The molecule has 0 radical (unpaired) electrons. The van der Waals surface area contributed by atoms with Crippen molar-refractivity contribution in [1.29, 1.82) is 0 Å². The van der Waals surface area contributed by atoms with E-state index in [0.717, 1.165) is 12.8 Å². The molecule has 0 aliphatic heterocycles. The first kappa shape index (κ1) is 20.6. The highest BCUT2D eigenvalue weighted by molar-refractivity contribution is 5.77. The third kappa shape index (κ3) is 5.67. The van der Waals surface area contributed by atoms with E-state index in [9.17, 15) is 14.4 Å². The Kier molecular flexibility index (Phi) is 7.00. The number of hydrogen-bond donors (Lipinski definition) is 2. The number of amides is 1. The summed E-state index contributed by atoms with van der Waals surface area (Å²) in [7, 11) is 0. The van der Waals surface area contributed by atoms with Gasteiger partial charge in [-0.1, -0.05) is 42.5 Å². The van der Waals surface area contributed by atoms with E-state index in [1.807, 2.05) is 25.1 Å². The Labute approximate surface area is 169 Å². The summed E-state index contributed by atoms with van der Waals surface area (Å²) in [4.78, 5) is 39.5. The van der Waals surface area contributed by atoms with Crippen molar-refractivity contribution in [2.24, 2.45) is 0 Å². The Morgan fingerprint density at radius 1 is 1.03 bits per heavy atom. The molecule has 152 valence electrons. The molecule has 3 aromatic rings.